The summed E-state index contributed by atoms with van der Waals surface area (Å²) in [6.45, 7) is 5.70. The highest BCUT2D eigenvalue weighted by atomic mass is 32.1. The van der Waals surface area contributed by atoms with E-state index in [1.54, 1.807) is 11.3 Å². The van der Waals surface area contributed by atoms with Gasteiger partial charge in [-0.25, -0.2) is 9.98 Å². The largest absolute Gasteiger partial charge is 0.357 e. The van der Waals surface area contributed by atoms with Gasteiger partial charge >= 0.3 is 0 Å². The third-order valence-electron chi connectivity index (χ3n) is 3.98. The van der Waals surface area contributed by atoms with Gasteiger partial charge in [0.2, 0.25) is 0 Å². The van der Waals surface area contributed by atoms with Crippen LogP contribution in [0, 0.1) is 0 Å². The van der Waals surface area contributed by atoms with Crippen molar-refractivity contribution in [2.45, 2.75) is 39.3 Å². The van der Waals surface area contributed by atoms with E-state index in [0.717, 1.165) is 36.0 Å². The van der Waals surface area contributed by atoms with Crippen LogP contribution < -0.4 is 10.6 Å². The van der Waals surface area contributed by atoms with Crippen LogP contribution >= 0.6 is 11.3 Å². The molecule has 5 nitrogen and oxygen atoms in total. The fraction of sp³-hybridized carbons (Fsp3) is 0.368. The van der Waals surface area contributed by atoms with Crippen molar-refractivity contribution < 1.29 is 0 Å². The number of nitrogens with one attached hydrogen (secondary N) is 2. The van der Waals surface area contributed by atoms with Gasteiger partial charge in [0.25, 0.3) is 0 Å². The summed E-state index contributed by atoms with van der Waals surface area (Å²) in [5.41, 5.74) is 2.36. The summed E-state index contributed by atoms with van der Waals surface area (Å²) >= 11 is 1.64. The molecule has 0 aliphatic heterocycles. The molecule has 6 heteroatoms. The minimum absolute atomic E-state index is 0.350. The minimum Gasteiger partial charge on any atom is -0.357 e. The first-order valence-electron chi connectivity index (χ1n) is 8.74. The molecule has 0 radical (unpaired) electrons. The molecule has 0 bridgehead atoms. The number of aliphatic imine (C=N–C) groups is 1. The molecule has 3 rings (SSSR count). The van der Waals surface area contributed by atoms with Crippen LogP contribution in [0.4, 0.5) is 0 Å². The van der Waals surface area contributed by atoms with Gasteiger partial charge in [-0.3, -0.25) is 4.40 Å². The van der Waals surface area contributed by atoms with Crippen molar-refractivity contribution in [3.63, 3.8) is 0 Å². The number of fused-ring (bicyclic) bond motifs is 1. The Kier molecular flexibility index (Phi) is 6.06. The molecule has 0 aliphatic carbocycles. The number of aromatic nitrogens is 2. The summed E-state index contributed by atoms with van der Waals surface area (Å²) in [5, 5.41) is 8.85. The summed E-state index contributed by atoms with van der Waals surface area (Å²) in [4.78, 5) is 10.3. The number of aryl methyl sites for hydroxylation is 1. The molecule has 132 valence electrons. The van der Waals surface area contributed by atoms with Crippen molar-refractivity contribution >= 4 is 22.3 Å². The quantitative estimate of drug-likeness (QED) is 0.504. The standard InChI is InChI=1S/C19H25N5S/c1-3-20-18(21-13-17-14-24-11-12-25-19(24)23-17)22-15(2)9-10-16-7-5-4-6-8-16/h4-8,11-12,14-15H,3,9-10,13H2,1-2H3,(H2,20,21,22). The van der Waals surface area contributed by atoms with Crippen LogP contribution in [0.3, 0.4) is 0 Å². The van der Waals surface area contributed by atoms with Crippen LogP contribution in [0.2, 0.25) is 0 Å². The molecule has 3 aromatic rings. The van der Waals surface area contributed by atoms with E-state index in [1.807, 2.05) is 22.2 Å². The van der Waals surface area contributed by atoms with E-state index in [9.17, 15) is 0 Å². The van der Waals surface area contributed by atoms with Crippen molar-refractivity contribution in [3.8, 4) is 0 Å². The Morgan fingerprint density at radius 2 is 2.16 bits per heavy atom. The van der Waals surface area contributed by atoms with E-state index >= 15 is 0 Å². The molecule has 0 amide bonds. The molecule has 2 heterocycles. The summed E-state index contributed by atoms with van der Waals surface area (Å²) in [6, 6.07) is 10.9. The minimum atomic E-state index is 0.350. The molecule has 2 aromatic heterocycles. The summed E-state index contributed by atoms with van der Waals surface area (Å²) < 4.78 is 2.04. The summed E-state index contributed by atoms with van der Waals surface area (Å²) in [7, 11) is 0. The lowest BCUT2D eigenvalue weighted by molar-refractivity contribution is 0.593. The third kappa shape index (κ3) is 5.06. The van der Waals surface area contributed by atoms with Crippen LogP contribution in [0.15, 0.2) is 53.1 Å². The van der Waals surface area contributed by atoms with Crippen molar-refractivity contribution in [1.82, 2.24) is 20.0 Å². The fourth-order valence-electron chi connectivity index (χ4n) is 2.67. The van der Waals surface area contributed by atoms with E-state index in [2.05, 4.69) is 64.8 Å². The second-order valence-electron chi connectivity index (χ2n) is 6.09. The molecule has 0 aliphatic rings. The molecule has 1 unspecified atom stereocenters. The predicted molar refractivity (Wildman–Crippen MR) is 105 cm³/mol. The molecule has 0 fully saturated rings. The second kappa shape index (κ2) is 8.67. The highest BCUT2D eigenvalue weighted by Crippen LogP contribution is 2.12. The average Bonchev–Trinajstić information content (AvgIpc) is 3.20. The Balaban J connectivity index is 1.54. The van der Waals surface area contributed by atoms with Crippen molar-refractivity contribution in [3.05, 3.63) is 59.4 Å². The van der Waals surface area contributed by atoms with Gasteiger partial charge in [0.15, 0.2) is 10.9 Å². The number of thiazole rings is 1. The van der Waals surface area contributed by atoms with Crippen LogP contribution in [-0.2, 0) is 13.0 Å². The highest BCUT2D eigenvalue weighted by molar-refractivity contribution is 7.15. The topological polar surface area (TPSA) is 53.7 Å². The Bertz CT molecular complexity index is 777. The lowest BCUT2D eigenvalue weighted by Crippen LogP contribution is -2.42. The van der Waals surface area contributed by atoms with Crippen LogP contribution in [0.25, 0.3) is 4.96 Å². The number of nitrogens with zero attached hydrogens (tertiary/aromatic N) is 3. The fourth-order valence-corrected chi connectivity index (χ4v) is 3.38. The molecule has 1 aromatic carbocycles. The summed E-state index contributed by atoms with van der Waals surface area (Å²) in [5.74, 6) is 0.847. The maximum atomic E-state index is 4.68. The first-order valence-corrected chi connectivity index (χ1v) is 9.62. The van der Waals surface area contributed by atoms with Gasteiger partial charge in [0.05, 0.1) is 12.2 Å². The third-order valence-corrected chi connectivity index (χ3v) is 4.75. The maximum absolute atomic E-state index is 4.68. The molecule has 0 saturated carbocycles. The zero-order chi connectivity index (χ0) is 17.5. The molecular weight excluding hydrogens is 330 g/mol. The van der Waals surface area contributed by atoms with Crippen LogP contribution in [0.1, 0.15) is 31.5 Å². The molecule has 0 saturated heterocycles. The van der Waals surface area contributed by atoms with Gasteiger partial charge in [-0.05, 0) is 32.3 Å². The van der Waals surface area contributed by atoms with E-state index < -0.39 is 0 Å². The van der Waals surface area contributed by atoms with Gasteiger partial charge < -0.3 is 10.6 Å². The molecule has 1 atom stereocenters. The second-order valence-corrected chi connectivity index (χ2v) is 6.96. The highest BCUT2D eigenvalue weighted by Gasteiger charge is 2.07. The van der Waals surface area contributed by atoms with Crippen molar-refractivity contribution in [2.75, 3.05) is 6.54 Å². The number of guanidine groups is 1. The number of benzene rings is 1. The van der Waals surface area contributed by atoms with E-state index in [4.69, 9.17) is 0 Å². The summed E-state index contributed by atoms with van der Waals surface area (Å²) in [6.07, 6.45) is 6.19. The van der Waals surface area contributed by atoms with Gasteiger partial charge in [0, 0.05) is 30.4 Å². The smallest absolute Gasteiger partial charge is 0.193 e. The Labute approximate surface area is 152 Å². The Hall–Kier alpha value is -2.34. The molecule has 25 heavy (non-hydrogen) atoms. The number of hydrogen-bond donors (Lipinski definition) is 2. The lowest BCUT2D eigenvalue weighted by Gasteiger charge is -2.17. The van der Waals surface area contributed by atoms with Crippen LogP contribution in [-0.4, -0.2) is 27.9 Å². The first-order chi connectivity index (χ1) is 12.2. The zero-order valence-electron chi connectivity index (χ0n) is 14.8. The Morgan fingerprint density at radius 1 is 1.32 bits per heavy atom. The lowest BCUT2D eigenvalue weighted by atomic mass is 10.1. The van der Waals surface area contributed by atoms with E-state index in [-0.39, 0.29) is 0 Å². The maximum Gasteiger partial charge on any atom is 0.193 e. The normalized spacial score (nSPS) is 13.1. The SMILES string of the molecule is CCNC(=NCc1cn2ccsc2n1)NC(C)CCc1ccccc1. The van der Waals surface area contributed by atoms with Crippen LogP contribution in [0.5, 0.6) is 0 Å². The van der Waals surface area contributed by atoms with E-state index in [0.29, 0.717) is 12.6 Å². The molecular formula is C19H25N5S. The van der Waals surface area contributed by atoms with Gasteiger partial charge in [-0.15, -0.1) is 11.3 Å². The zero-order valence-corrected chi connectivity index (χ0v) is 15.6. The molecule has 0 spiro atoms. The average molecular weight is 356 g/mol. The van der Waals surface area contributed by atoms with Crippen molar-refractivity contribution in [2.24, 2.45) is 4.99 Å². The monoisotopic (exact) mass is 355 g/mol. The number of hydrogen-bond acceptors (Lipinski definition) is 3. The number of imidazole rings is 1. The first kappa shape index (κ1) is 17.5. The van der Waals surface area contributed by atoms with Crippen molar-refractivity contribution in [1.29, 1.82) is 0 Å². The Morgan fingerprint density at radius 3 is 2.92 bits per heavy atom. The van der Waals surface area contributed by atoms with Gasteiger partial charge in [-0.1, -0.05) is 30.3 Å². The van der Waals surface area contributed by atoms with Gasteiger partial charge in [0.1, 0.15) is 0 Å². The number of rotatable bonds is 7. The predicted octanol–water partition coefficient (Wildman–Crippen LogP) is 3.47. The van der Waals surface area contributed by atoms with Gasteiger partial charge in [-0.2, -0.15) is 0 Å². The molecule has 2 N–H and O–H groups in total. The van der Waals surface area contributed by atoms with E-state index in [1.165, 1.54) is 5.56 Å².